The van der Waals surface area contributed by atoms with Crippen LogP contribution in [0.1, 0.15) is 36.1 Å². The van der Waals surface area contributed by atoms with Gasteiger partial charge in [0.1, 0.15) is 11.6 Å². The monoisotopic (exact) mass is 363 g/mol. The van der Waals surface area contributed by atoms with E-state index in [0.717, 1.165) is 69.2 Å². The molecule has 0 unspecified atom stereocenters. The van der Waals surface area contributed by atoms with Crippen molar-refractivity contribution in [2.24, 2.45) is 0 Å². The zero-order chi connectivity index (χ0) is 18.1. The molecule has 0 atom stereocenters. The summed E-state index contributed by atoms with van der Waals surface area (Å²) in [5, 5.41) is 19.9. The number of aromatic nitrogens is 5. The van der Waals surface area contributed by atoms with Crippen molar-refractivity contribution in [2.45, 2.75) is 38.4 Å². The van der Waals surface area contributed by atoms with E-state index in [9.17, 15) is 0 Å². The first-order valence-electron chi connectivity index (χ1n) is 9.81. The predicted octanol–water partition coefficient (Wildman–Crippen LogP) is 2.15. The summed E-state index contributed by atoms with van der Waals surface area (Å²) in [4.78, 5) is 2.51. The molecule has 2 aromatic heterocycles. The molecule has 0 radical (unpaired) electrons. The van der Waals surface area contributed by atoms with Crippen LogP contribution in [0.25, 0.3) is 11.3 Å². The van der Waals surface area contributed by atoms with Gasteiger partial charge in [0.05, 0.1) is 12.2 Å². The van der Waals surface area contributed by atoms with Gasteiger partial charge >= 0.3 is 0 Å². The molecule has 4 heterocycles. The third-order valence-electron chi connectivity index (χ3n) is 5.70. The van der Waals surface area contributed by atoms with Crippen LogP contribution >= 0.6 is 0 Å². The van der Waals surface area contributed by atoms with Crippen molar-refractivity contribution >= 4 is 0 Å². The minimum atomic E-state index is 0.530. The van der Waals surface area contributed by atoms with E-state index in [4.69, 9.17) is 0 Å². The Bertz CT molecular complexity index is 890. The van der Waals surface area contributed by atoms with E-state index in [0.29, 0.717) is 5.92 Å². The number of nitrogens with one attached hydrogen (secondary N) is 2. The molecule has 2 aliphatic heterocycles. The Morgan fingerprint density at radius 3 is 2.74 bits per heavy atom. The van der Waals surface area contributed by atoms with E-state index in [1.165, 1.54) is 11.5 Å². The fraction of sp³-hybridized carbons (Fsp3) is 0.450. The van der Waals surface area contributed by atoms with Crippen molar-refractivity contribution in [1.82, 2.24) is 35.2 Å². The summed E-state index contributed by atoms with van der Waals surface area (Å²) in [6.45, 7) is 5.95. The minimum Gasteiger partial charge on any atom is -0.312 e. The maximum atomic E-state index is 4.51. The Morgan fingerprint density at radius 2 is 1.89 bits per heavy atom. The first-order valence-corrected chi connectivity index (χ1v) is 9.81. The molecule has 7 nitrogen and oxygen atoms in total. The molecule has 0 spiro atoms. The molecule has 1 fully saturated rings. The molecule has 7 heteroatoms. The number of benzene rings is 1. The van der Waals surface area contributed by atoms with Gasteiger partial charge in [0, 0.05) is 36.8 Å². The molecule has 0 saturated carbocycles. The molecule has 3 aromatic rings. The van der Waals surface area contributed by atoms with E-state index < -0.39 is 0 Å². The second kappa shape index (κ2) is 7.25. The maximum Gasteiger partial charge on any atom is 0.147 e. The van der Waals surface area contributed by atoms with Crippen LogP contribution in [-0.4, -0.2) is 49.5 Å². The molecule has 0 bridgehead atoms. The van der Waals surface area contributed by atoms with Crippen LogP contribution in [0, 0.1) is 0 Å². The largest absolute Gasteiger partial charge is 0.312 e. The maximum absolute atomic E-state index is 4.51. The molecular formula is C20H25N7. The lowest BCUT2D eigenvalue weighted by atomic mass is 9.95. The van der Waals surface area contributed by atoms with E-state index in [-0.39, 0.29) is 0 Å². The van der Waals surface area contributed by atoms with Crippen molar-refractivity contribution < 1.29 is 0 Å². The molecule has 0 aliphatic carbocycles. The summed E-state index contributed by atoms with van der Waals surface area (Å²) in [5.41, 5.74) is 3.35. The zero-order valence-corrected chi connectivity index (χ0v) is 15.4. The molecule has 0 amide bonds. The van der Waals surface area contributed by atoms with Crippen LogP contribution < -0.4 is 5.32 Å². The average molecular weight is 363 g/mol. The van der Waals surface area contributed by atoms with Gasteiger partial charge in [0.2, 0.25) is 0 Å². The number of likely N-dealkylation sites (tertiary alicyclic amines) is 1. The van der Waals surface area contributed by atoms with Gasteiger partial charge in [-0.25, -0.2) is 0 Å². The molecule has 1 aromatic carbocycles. The number of piperidine rings is 1. The smallest absolute Gasteiger partial charge is 0.147 e. The average Bonchev–Trinajstić information content (AvgIpc) is 3.37. The van der Waals surface area contributed by atoms with E-state index in [2.05, 4.69) is 53.4 Å². The third kappa shape index (κ3) is 3.40. The second-order valence-corrected chi connectivity index (χ2v) is 7.50. The van der Waals surface area contributed by atoms with Crippen molar-refractivity contribution in [3.8, 4) is 11.3 Å². The first kappa shape index (κ1) is 16.6. The van der Waals surface area contributed by atoms with Gasteiger partial charge in [-0.1, -0.05) is 30.3 Å². The van der Waals surface area contributed by atoms with E-state index in [1.807, 2.05) is 18.2 Å². The van der Waals surface area contributed by atoms with Gasteiger partial charge in [-0.05, 0) is 32.0 Å². The number of nitrogens with zero attached hydrogens (tertiary/aromatic N) is 5. The van der Waals surface area contributed by atoms with Crippen LogP contribution in [0.4, 0.5) is 0 Å². The van der Waals surface area contributed by atoms with Crippen molar-refractivity contribution in [3.05, 3.63) is 53.7 Å². The Hall–Kier alpha value is -2.51. The number of hydrogen-bond acceptors (Lipinski definition) is 5. The third-order valence-corrected chi connectivity index (χ3v) is 5.70. The van der Waals surface area contributed by atoms with E-state index >= 15 is 0 Å². The lowest BCUT2D eigenvalue weighted by Gasteiger charge is -2.31. The van der Waals surface area contributed by atoms with Gasteiger partial charge in [0.15, 0.2) is 0 Å². The second-order valence-electron chi connectivity index (χ2n) is 7.50. The van der Waals surface area contributed by atoms with Gasteiger partial charge in [-0.3, -0.25) is 10.00 Å². The Balaban J connectivity index is 1.20. The highest BCUT2D eigenvalue weighted by molar-refractivity contribution is 5.58. The first-order chi connectivity index (χ1) is 13.4. The molecule has 2 aliphatic rings. The lowest BCUT2D eigenvalue weighted by molar-refractivity contribution is 0.197. The number of hydrogen-bond donors (Lipinski definition) is 2. The number of fused-ring (bicyclic) bond motifs is 1. The van der Waals surface area contributed by atoms with Crippen LogP contribution in [-0.2, 0) is 19.6 Å². The van der Waals surface area contributed by atoms with Crippen molar-refractivity contribution in [1.29, 1.82) is 0 Å². The topological polar surface area (TPSA) is 74.7 Å². The lowest BCUT2D eigenvalue weighted by Crippen LogP contribution is -2.34. The van der Waals surface area contributed by atoms with Crippen molar-refractivity contribution in [3.63, 3.8) is 0 Å². The summed E-state index contributed by atoms with van der Waals surface area (Å²) in [5.74, 6) is 2.81. The van der Waals surface area contributed by atoms with Gasteiger partial charge < -0.3 is 9.88 Å². The molecule has 2 N–H and O–H groups in total. The molecule has 27 heavy (non-hydrogen) atoms. The van der Waals surface area contributed by atoms with Crippen LogP contribution in [0.3, 0.4) is 0 Å². The van der Waals surface area contributed by atoms with Crippen LogP contribution in [0.15, 0.2) is 36.4 Å². The predicted molar refractivity (Wildman–Crippen MR) is 103 cm³/mol. The SMILES string of the molecule is c1ccc(-c2cc(CN3CCC(c4nnc5n4CCNC5)CC3)[nH]n2)cc1. The highest BCUT2D eigenvalue weighted by Gasteiger charge is 2.27. The Morgan fingerprint density at radius 1 is 1.04 bits per heavy atom. The van der Waals surface area contributed by atoms with E-state index in [1.54, 1.807) is 0 Å². The number of aromatic amines is 1. The van der Waals surface area contributed by atoms with Gasteiger partial charge in [-0.2, -0.15) is 5.10 Å². The minimum absolute atomic E-state index is 0.530. The number of rotatable bonds is 4. The fourth-order valence-electron chi connectivity index (χ4n) is 4.21. The summed E-state index contributed by atoms with van der Waals surface area (Å²) in [7, 11) is 0. The Labute approximate surface area is 158 Å². The molecular weight excluding hydrogens is 338 g/mol. The van der Waals surface area contributed by atoms with Crippen LogP contribution in [0.5, 0.6) is 0 Å². The van der Waals surface area contributed by atoms with Crippen molar-refractivity contribution in [2.75, 3.05) is 19.6 Å². The molecule has 140 valence electrons. The fourth-order valence-corrected chi connectivity index (χ4v) is 4.21. The number of H-pyrrole nitrogens is 1. The van der Waals surface area contributed by atoms with Gasteiger partial charge in [0.25, 0.3) is 0 Å². The normalized spacial score (nSPS) is 18.5. The van der Waals surface area contributed by atoms with Crippen LogP contribution in [0.2, 0.25) is 0 Å². The quantitative estimate of drug-likeness (QED) is 0.743. The summed E-state index contributed by atoms with van der Waals surface area (Å²) in [6, 6.07) is 12.5. The Kier molecular flexibility index (Phi) is 4.47. The zero-order valence-electron chi connectivity index (χ0n) is 15.4. The summed E-state index contributed by atoms with van der Waals surface area (Å²) >= 11 is 0. The summed E-state index contributed by atoms with van der Waals surface area (Å²) in [6.07, 6.45) is 2.29. The molecule has 1 saturated heterocycles. The van der Waals surface area contributed by atoms with Gasteiger partial charge in [-0.15, -0.1) is 10.2 Å². The highest BCUT2D eigenvalue weighted by atomic mass is 15.3. The standard InChI is InChI=1S/C20H25N7/c1-2-4-15(5-3-1)18-12-17(22-23-18)14-26-9-6-16(7-10-26)20-25-24-19-13-21-8-11-27(19)20/h1-5,12,16,21H,6-11,13-14H2,(H,22,23). The summed E-state index contributed by atoms with van der Waals surface area (Å²) < 4.78 is 2.33. The molecule has 5 rings (SSSR count). The highest BCUT2D eigenvalue weighted by Crippen LogP contribution is 2.28.